The molecule has 2 heterocycles. The van der Waals surface area contributed by atoms with Crippen LogP contribution in [0.15, 0.2) is 22.8 Å². The number of rotatable bonds is 4. The van der Waals surface area contributed by atoms with Gasteiger partial charge in [-0.3, -0.25) is 14.5 Å². The molecule has 9 nitrogen and oxygen atoms in total. The molecule has 1 unspecified atom stereocenters. The van der Waals surface area contributed by atoms with Crippen molar-refractivity contribution in [2.75, 3.05) is 21.1 Å². The third-order valence-corrected chi connectivity index (χ3v) is 4.20. The Morgan fingerprint density at radius 2 is 1.96 bits per heavy atom. The van der Waals surface area contributed by atoms with Crippen molar-refractivity contribution in [1.29, 1.82) is 0 Å². The second kappa shape index (κ2) is 5.91. The van der Waals surface area contributed by atoms with Crippen LogP contribution >= 0.6 is 0 Å². The van der Waals surface area contributed by atoms with Crippen LogP contribution in [-0.4, -0.2) is 70.0 Å². The molecule has 3 rings (SSSR count). The molecule has 0 spiro atoms. The predicted octanol–water partition coefficient (Wildman–Crippen LogP) is 0.464. The van der Waals surface area contributed by atoms with Gasteiger partial charge in [-0.1, -0.05) is 6.07 Å². The van der Waals surface area contributed by atoms with E-state index in [9.17, 15) is 14.4 Å². The van der Waals surface area contributed by atoms with Gasteiger partial charge in [0.15, 0.2) is 0 Å². The van der Waals surface area contributed by atoms with Crippen LogP contribution in [0.3, 0.4) is 0 Å². The van der Waals surface area contributed by atoms with E-state index < -0.39 is 12.1 Å². The second-order valence-electron chi connectivity index (χ2n) is 5.85. The number of hydrogen-bond donors (Lipinski definition) is 0. The van der Waals surface area contributed by atoms with Crippen LogP contribution in [0.4, 0.5) is 4.79 Å². The molecule has 1 aromatic heterocycles. The summed E-state index contributed by atoms with van der Waals surface area (Å²) in [5, 5.41) is 7.49. The van der Waals surface area contributed by atoms with Crippen molar-refractivity contribution in [3.05, 3.63) is 23.8 Å². The first-order valence-electron chi connectivity index (χ1n) is 7.38. The normalized spacial score (nSPS) is 17.9. The lowest BCUT2D eigenvalue weighted by molar-refractivity contribution is -0.135. The van der Waals surface area contributed by atoms with E-state index in [-0.39, 0.29) is 18.2 Å². The van der Waals surface area contributed by atoms with E-state index in [1.54, 1.807) is 19.2 Å². The fourth-order valence-corrected chi connectivity index (χ4v) is 2.69. The van der Waals surface area contributed by atoms with Crippen molar-refractivity contribution in [2.24, 2.45) is 0 Å². The molecule has 24 heavy (non-hydrogen) atoms. The van der Waals surface area contributed by atoms with Crippen molar-refractivity contribution in [3.8, 4) is 0 Å². The maximum absolute atomic E-state index is 12.4. The summed E-state index contributed by atoms with van der Waals surface area (Å²) in [7, 11) is 4.59. The molecular weight excluding hydrogens is 314 g/mol. The molecule has 1 aliphatic heterocycles. The van der Waals surface area contributed by atoms with Gasteiger partial charge in [0.2, 0.25) is 5.91 Å². The second-order valence-corrected chi connectivity index (χ2v) is 5.85. The topological polar surface area (TPSA) is 99.9 Å². The Hall–Kier alpha value is -2.97. The maximum Gasteiger partial charge on any atom is 0.326 e. The molecule has 0 radical (unpaired) electrons. The minimum atomic E-state index is -0.750. The Bertz CT molecular complexity index is 817. The van der Waals surface area contributed by atoms with Crippen molar-refractivity contribution >= 4 is 28.9 Å². The minimum absolute atomic E-state index is 0.0460. The monoisotopic (exact) mass is 331 g/mol. The van der Waals surface area contributed by atoms with E-state index in [4.69, 9.17) is 0 Å². The standard InChI is InChI=1S/C15H17N5O4/c1-18(8-9-4-5-10-11(6-9)17-24-16-10)13(21)7-12-14(22)20(3)15(23)19(12)2/h4-6,12H,7-8H2,1-3H3. The van der Waals surface area contributed by atoms with Gasteiger partial charge >= 0.3 is 6.03 Å². The molecule has 1 aromatic carbocycles. The quantitative estimate of drug-likeness (QED) is 0.755. The Balaban J connectivity index is 1.66. The molecule has 1 atom stereocenters. The van der Waals surface area contributed by atoms with Gasteiger partial charge in [0.05, 0.1) is 6.42 Å². The number of aromatic nitrogens is 2. The lowest BCUT2D eigenvalue weighted by Gasteiger charge is -2.21. The van der Waals surface area contributed by atoms with Crippen LogP contribution in [-0.2, 0) is 16.1 Å². The molecule has 0 N–H and O–H groups in total. The molecule has 4 amide bonds. The average Bonchev–Trinajstić information content (AvgIpc) is 3.10. The van der Waals surface area contributed by atoms with Crippen molar-refractivity contribution < 1.29 is 19.0 Å². The summed E-state index contributed by atoms with van der Waals surface area (Å²) in [6.07, 6.45) is -0.0460. The third-order valence-electron chi connectivity index (χ3n) is 4.20. The molecule has 2 aromatic rings. The number of nitrogens with zero attached hydrogens (tertiary/aromatic N) is 5. The maximum atomic E-state index is 12.4. The number of carbonyl (C=O) groups is 3. The van der Waals surface area contributed by atoms with E-state index in [2.05, 4.69) is 14.9 Å². The van der Waals surface area contributed by atoms with Crippen LogP contribution < -0.4 is 0 Å². The summed E-state index contributed by atoms with van der Waals surface area (Å²) in [4.78, 5) is 40.0. The minimum Gasteiger partial charge on any atom is -0.341 e. The summed E-state index contributed by atoms with van der Waals surface area (Å²) in [6.45, 7) is 0.357. The highest BCUT2D eigenvalue weighted by molar-refractivity contribution is 6.05. The number of amides is 4. The number of imide groups is 1. The smallest absolute Gasteiger partial charge is 0.326 e. The number of carbonyl (C=O) groups excluding carboxylic acids is 3. The predicted molar refractivity (Wildman–Crippen MR) is 82.6 cm³/mol. The third kappa shape index (κ3) is 2.68. The lowest BCUT2D eigenvalue weighted by atomic mass is 10.1. The van der Waals surface area contributed by atoms with E-state index in [1.807, 2.05) is 6.07 Å². The van der Waals surface area contributed by atoms with Gasteiger partial charge in [-0.2, -0.15) is 0 Å². The Morgan fingerprint density at radius 3 is 2.62 bits per heavy atom. The molecule has 1 fully saturated rings. The van der Waals surface area contributed by atoms with Gasteiger partial charge < -0.3 is 9.80 Å². The van der Waals surface area contributed by atoms with Crippen molar-refractivity contribution in [3.63, 3.8) is 0 Å². The van der Waals surface area contributed by atoms with E-state index in [0.717, 1.165) is 10.5 Å². The van der Waals surface area contributed by atoms with Gasteiger partial charge in [-0.05, 0) is 28.0 Å². The molecule has 9 heteroatoms. The highest BCUT2D eigenvalue weighted by atomic mass is 16.6. The van der Waals surface area contributed by atoms with Gasteiger partial charge in [0.25, 0.3) is 5.91 Å². The fraction of sp³-hybridized carbons (Fsp3) is 0.400. The summed E-state index contributed by atoms with van der Waals surface area (Å²) in [6, 6.07) is 4.24. The highest BCUT2D eigenvalue weighted by Gasteiger charge is 2.42. The van der Waals surface area contributed by atoms with E-state index in [0.29, 0.717) is 17.6 Å². The van der Waals surface area contributed by atoms with Gasteiger partial charge in [0, 0.05) is 27.7 Å². The van der Waals surface area contributed by atoms with Crippen LogP contribution in [0.25, 0.3) is 11.0 Å². The van der Waals surface area contributed by atoms with Crippen molar-refractivity contribution in [1.82, 2.24) is 25.0 Å². The number of hydrogen-bond acceptors (Lipinski definition) is 6. The zero-order chi connectivity index (χ0) is 17.4. The molecule has 0 saturated carbocycles. The zero-order valence-corrected chi connectivity index (χ0v) is 13.6. The number of urea groups is 1. The highest BCUT2D eigenvalue weighted by Crippen LogP contribution is 2.18. The lowest BCUT2D eigenvalue weighted by Crippen LogP contribution is -2.38. The van der Waals surface area contributed by atoms with Gasteiger partial charge in [-0.15, -0.1) is 0 Å². The van der Waals surface area contributed by atoms with Gasteiger partial charge in [-0.25, -0.2) is 9.42 Å². The van der Waals surface area contributed by atoms with E-state index >= 15 is 0 Å². The van der Waals surface area contributed by atoms with Crippen LogP contribution in [0.2, 0.25) is 0 Å². The molecule has 0 aliphatic carbocycles. The molecule has 1 saturated heterocycles. The fourth-order valence-electron chi connectivity index (χ4n) is 2.69. The Morgan fingerprint density at radius 1 is 1.25 bits per heavy atom. The Kier molecular flexibility index (Phi) is 3.92. The largest absolute Gasteiger partial charge is 0.341 e. The van der Waals surface area contributed by atoms with Crippen LogP contribution in [0.1, 0.15) is 12.0 Å². The zero-order valence-electron chi connectivity index (χ0n) is 13.6. The Labute approximate surface area is 137 Å². The number of benzene rings is 1. The molecule has 1 aliphatic rings. The SMILES string of the molecule is CN(Cc1ccc2nonc2c1)C(=O)CC1C(=O)N(C)C(=O)N1C. The van der Waals surface area contributed by atoms with E-state index in [1.165, 1.54) is 23.9 Å². The molecular formula is C15H17N5O4. The summed E-state index contributed by atoms with van der Waals surface area (Å²) < 4.78 is 4.64. The first-order chi connectivity index (χ1) is 11.4. The average molecular weight is 331 g/mol. The van der Waals surface area contributed by atoms with Crippen molar-refractivity contribution in [2.45, 2.75) is 19.0 Å². The number of likely N-dealkylation sites (N-methyl/N-ethyl adjacent to an activating group) is 2. The van der Waals surface area contributed by atoms with Gasteiger partial charge in [0.1, 0.15) is 17.1 Å². The molecule has 126 valence electrons. The first-order valence-corrected chi connectivity index (χ1v) is 7.38. The first kappa shape index (κ1) is 15.9. The molecule has 0 bridgehead atoms. The van der Waals surface area contributed by atoms with Crippen LogP contribution in [0.5, 0.6) is 0 Å². The number of fused-ring (bicyclic) bond motifs is 1. The summed E-state index contributed by atoms with van der Waals surface area (Å²) in [5.41, 5.74) is 2.13. The summed E-state index contributed by atoms with van der Waals surface area (Å²) >= 11 is 0. The van der Waals surface area contributed by atoms with Crippen LogP contribution in [0, 0.1) is 0 Å². The summed E-state index contributed by atoms with van der Waals surface area (Å²) in [5.74, 6) is -0.582.